The van der Waals surface area contributed by atoms with Crippen molar-refractivity contribution in [2.24, 2.45) is 17.8 Å². The summed E-state index contributed by atoms with van der Waals surface area (Å²) < 4.78 is 6.47. The van der Waals surface area contributed by atoms with Crippen molar-refractivity contribution in [3.8, 4) is 18.6 Å². The highest BCUT2D eigenvalue weighted by Crippen LogP contribution is 2.51. The summed E-state index contributed by atoms with van der Waals surface area (Å²) in [5, 5.41) is 29.9. The zero-order valence-corrected chi connectivity index (χ0v) is 27.1. The van der Waals surface area contributed by atoms with E-state index in [0.717, 1.165) is 0 Å². The molecule has 3 fully saturated rings. The van der Waals surface area contributed by atoms with Gasteiger partial charge in [-0.15, -0.1) is 0 Å². The lowest BCUT2D eigenvalue weighted by atomic mass is 9.61. The molecule has 222 valence electrons. The first-order valence-corrected chi connectivity index (χ1v) is 14.9. The van der Waals surface area contributed by atoms with Gasteiger partial charge in [0.05, 0.1) is 5.92 Å². The Bertz CT molecular complexity index is 1010. The Morgan fingerprint density at radius 2 is 0.825 bits per heavy atom. The fourth-order valence-electron chi connectivity index (χ4n) is 9.32. The summed E-state index contributed by atoms with van der Waals surface area (Å²) in [5.74, 6) is -0.440. The molecule has 0 bridgehead atoms. The third-order valence-corrected chi connectivity index (χ3v) is 10.0. The molecule has 0 spiro atoms. The second kappa shape index (κ2) is 10.0. The van der Waals surface area contributed by atoms with Crippen molar-refractivity contribution in [1.82, 2.24) is 14.7 Å². The molecule has 0 aliphatic carbocycles. The van der Waals surface area contributed by atoms with Gasteiger partial charge in [-0.2, -0.15) is 15.8 Å². The Morgan fingerprint density at radius 3 is 1.07 bits per heavy atom. The van der Waals surface area contributed by atoms with Crippen LogP contribution in [0.25, 0.3) is 0 Å². The highest BCUT2D eigenvalue weighted by molar-refractivity contribution is 5.73. The Kier molecular flexibility index (Phi) is 7.97. The van der Waals surface area contributed by atoms with Crippen molar-refractivity contribution in [3.63, 3.8) is 0 Å². The van der Waals surface area contributed by atoms with Crippen LogP contribution in [0.2, 0.25) is 0 Å². The molecule has 0 atom stereocenters. The number of likely N-dealkylation sites (tertiary alicyclic amines) is 3. The van der Waals surface area contributed by atoms with Gasteiger partial charge in [0, 0.05) is 46.1 Å². The van der Waals surface area contributed by atoms with Crippen molar-refractivity contribution < 1.29 is 9.53 Å². The van der Waals surface area contributed by atoms with Crippen LogP contribution in [0.1, 0.15) is 122 Å². The third-order valence-electron chi connectivity index (χ3n) is 10.0. The molecule has 0 saturated carbocycles. The summed E-state index contributed by atoms with van der Waals surface area (Å²) >= 11 is 0. The molecule has 8 nitrogen and oxygen atoms in total. The Hall–Kier alpha value is -2.66. The molecule has 0 aromatic rings. The number of carbonyl (C=O) groups is 1. The molecule has 0 N–H and O–H groups in total. The van der Waals surface area contributed by atoms with E-state index < -0.39 is 33.2 Å². The fourth-order valence-corrected chi connectivity index (χ4v) is 9.32. The largest absolute Gasteiger partial charge is 0.462 e. The Balaban J connectivity index is 2.02. The van der Waals surface area contributed by atoms with Crippen LogP contribution < -0.4 is 0 Å². The number of rotatable bonds is 4. The molecular weight excluding hydrogens is 500 g/mol. The first kappa shape index (κ1) is 31.9. The number of nitriles is 3. The topological polar surface area (TPSA) is 107 Å². The van der Waals surface area contributed by atoms with E-state index in [1.807, 2.05) is 42.4 Å². The van der Waals surface area contributed by atoms with E-state index >= 15 is 0 Å². The zero-order chi connectivity index (χ0) is 30.7. The average molecular weight is 553 g/mol. The van der Waals surface area contributed by atoms with Crippen LogP contribution in [-0.4, -0.2) is 60.0 Å². The van der Waals surface area contributed by atoms with E-state index in [-0.39, 0.29) is 29.8 Å². The monoisotopic (exact) mass is 552 g/mol. The van der Waals surface area contributed by atoms with Gasteiger partial charge in [-0.3, -0.25) is 19.5 Å². The van der Waals surface area contributed by atoms with Gasteiger partial charge in [0.25, 0.3) is 0 Å². The lowest BCUT2D eigenvalue weighted by molar-refractivity contribution is -0.172. The molecular formula is C32H52N6O2. The fraction of sp³-hybridized carbons (Fsp3) is 0.875. The molecule has 0 aromatic heterocycles. The molecule has 3 heterocycles. The van der Waals surface area contributed by atoms with Crippen LogP contribution in [0.15, 0.2) is 0 Å². The van der Waals surface area contributed by atoms with Crippen LogP contribution in [0, 0.1) is 52.1 Å². The van der Waals surface area contributed by atoms with E-state index in [2.05, 4.69) is 74.0 Å². The van der Waals surface area contributed by atoms with Crippen LogP contribution in [-0.2, 0) is 9.53 Å². The third kappa shape index (κ3) is 5.72. The van der Waals surface area contributed by atoms with Crippen molar-refractivity contribution in [2.75, 3.05) is 0 Å². The molecule has 40 heavy (non-hydrogen) atoms. The first-order valence-electron chi connectivity index (χ1n) is 14.9. The van der Waals surface area contributed by atoms with Crippen molar-refractivity contribution >= 4 is 5.97 Å². The minimum absolute atomic E-state index is 0.0348. The number of esters is 1. The van der Waals surface area contributed by atoms with Gasteiger partial charge < -0.3 is 4.74 Å². The molecule has 3 aliphatic rings. The van der Waals surface area contributed by atoms with Crippen LogP contribution in [0.4, 0.5) is 0 Å². The second-order valence-corrected chi connectivity index (χ2v) is 16.5. The number of ether oxygens (including phenoxy) is 1. The predicted molar refractivity (Wildman–Crippen MR) is 155 cm³/mol. The number of carbonyl (C=O) groups excluding carboxylic acids is 1. The highest BCUT2D eigenvalue weighted by Gasteiger charge is 2.55. The lowest BCUT2D eigenvalue weighted by Gasteiger charge is -2.57. The number of hydrogen-bond acceptors (Lipinski definition) is 8. The van der Waals surface area contributed by atoms with Gasteiger partial charge in [0.2, 0.25) is 0 Å². The maximum absolute atomic E-state index is 14.5. The minimum atomic E-state index is -0.429. The molecule has 8 heteroatoms. The van der Waals surface area contributed by atoms with Gasteiger partial charge >= 0.3 is 5.97 Å². The maximum atomic E-state index is 14.5. The van der Waals surface area contributed by atoms with Gasteiger partial charge in [-0.05, 0) is 121 Å². The summed E-state index contributed by atoms with van der Waals surface area (Å²) in [6, 6.07) is 0. The molecule has 3 rings (SSSR count). The van der Waals surface area contributed by atoms with Gasteiger partial charge in [-0.25, -0.2) is 0 Å². The first-order chi connectivity index (χ1) is 18.0. The molecule has 0 amide bonds. The summed E-state index contributed by atoms with van der Waals surface area (Å²) in [6.07, 6.45) is 11.0. The maximum Gasteiger partial charge on any atom is 0.309 e. The van der Waals surface area contributed by atoms with Crippen LogP contribution >= 0.6 is 0 Å². The Morgan fingerprint density at radius 1 is 0.575 bits per heavy atom. The summed E-state index contributed by atoms with van der Waals surface area (Å²) in [5.41, 5.74) is -2.47. The predicted octanol–water partition coefficient (Wildman–Crippen LogP) is 6.15. The van der Waals surface area contributed by atoms with Crippen molar-refractivity contribution in [3.05, 3.63) is 0 Å². The lowest BCUT2D eigenvalue weighted by Crippen LogP contribution is -2.63. The molecule has 0 unspecified atom stereocenters. The SMILES string of the molecule is CC1(C)CC(OC(=O)C(C2CC(C)(C)N(C#N)C(C)(C)C2)C2CC(C)(C)N(C#N)C(C)(C)C2)CC(C)(C)N1C#N. The average Bonchev–Trinajstić information content (AvgIpc) is 2.69. The quantitative estimate of drug-likeness (QED) is 0.302. The number of hydrogen-bond donors (Lipinski definition) is 0. The van der Waals surface area contributed by atoms with Gasteiger partial charge in [-0.1, -0.05) is 0 Å². The molecule has 3 aliphatic heterocycles. The summed E-state index contributed by atoms with van der Waals surface area (Å²) in [4.78, 5) is 20.1. The smallest absolute Gasteiger partial charge is 0.309 e. The molecule has 3 saturated heterocycles. The molecule has 0 radical (unpaired) electrons. The molecule has 0 aromatic carbocycles. The minimum Gasteiger partial charge on any atom is -0.462 e. The van der Waals surface area contributed by atoms with Gasteiger partial charge in [0.1, 0.15) is 6.10 Å². The normalized spacial score (nSPS) is 27.4. The van der Waals surface area contributed by atoms with Gasteiger partial charge in [0.15, 0.2) is 18.6 Å². The van der Waals surface area contributed by atoms with E-state index in [1.165, 1.54) is 0 Å². The standard InChI is InChI=1S/C32H52N6O2/c1-27(2)13-22(14-28(3,4)36(27)19-33)25(23-15-29(5,6)37(20-34)30(7,8)16-23)26(39)40-24-17-31(9,10)38(21-35)32(11,12)18-24/h22-25H,13-18H2,1-12H3. The zero-order valence-electron chi connectivity index (χ0n) is 27.1. The number of nitrogens with zero attached hydrogens (tertiary/aromatic N) is 6. The summed E-state index contributed by atoms with van der Waals surface area (Å²) in [6.45, 7) is 25.0. The van der Waals surface area contributed by atoms with Crippen LogP contribution in [0.3, 0.4) is 0 Å². The van der Waals surface area contributed by atoms with Crippen molar-refractivity contribution in [1.29, 1.82) is 15.8 Å². The number of piperidine rings is 3. The van der Waals surface area contributed by atoms with E-state index in [9.17, 15) is 20.6 Å². The van der Waals surface area contributed by atoms with E-state index in [4.69, 9.17) is 4.74 Å². The summed E-state index contributed by atoms with van der Waals surface area (Å²) in [7, 11) is 0. The Labute approximate surface area is 243 Å². The van der Waals surface area contributed by atoms with Crippen LogP contribution in [0.5, 0.6) is 0 Å². The second-order valence-electron chi connectivity index (χ2n) is 16.5. The highest BCUT2D eigenvalue weighted by atomic mass is 16.5. The van der Waals surface area contributed by atoms with E-state index in [0.29, 0.717) is 38.5 Å². The van der Waals surface area contributed by atoms with Crippen molar-refractivity contribution in [2.45, 2.75) is 161 Å². The van der Waals surface area contributed by atoms with E-state index in [1.54, 1.807) is 0 Å².